The van der Waals surface area contributed by atoms with Crippen molar-refractivity contribution in [3.05, 3.63) is 82.9 Å². The van der Waals surface area contributed by atoms with Gasteiger partial charge in [0, 0.05) is 12.1 Å². The number of ether oxygens (including phenoxy) is 1. The lowest BCUT2D eigenvalue weighted by Crippen LogP contribution is -2.13. The van der Waals surface area contributed by atoms with Crippen molar-refractivity contribution < 1.29 is 14.6 Å². The first kappa shape index (κ1) is 19.3. The highest BCUT2D eigenvalue weighted by Crippen LogP contribution is 2.26. The highest BCUT2D eigenvalue weighted by Gasteiger charge is 2.10. The highest BCUT2D eigenvalue weighted by atomic mass is 16.5. The van der Waals surface area contributed by atoms with Crippen molar-refractivity contribution in [2.75, 3.05) is 17.7 Å². The number of phenols is 1. The second kappa shape index (κ2) is 8.48. The first-order valence-corrected chi connectivity index (χ1v) is 9.05. The molecule has 0 radical (unpaired) electrons. The number of aryl methyl sites for hydroxylation is 2. The molecule has 0 atom stereocenters. The summed E-state index contributed by atoms with van der Waals surface area (Å²) < 4.78 is 5.18. The first-order chi connectivity index (χ1) is 13.5. The van der Waals surface area contributed by atoms with E-state index in [0.717, 1.165) is 22.4 Å². The molecule has 1 amide bonds. The monoisotopic (exact) mass is 376 g/mol. The first-order valence-electron chi connectivity index (χ1n) is 9.05. The number of hydrogen-bond donors (Lipinski definition) is 3. The summed E-state index contributed by atoms with van der Waals surface area (Å²) in [6.45, 7) is 4.34. The zero-order valence-corrected chi connectivity index (χ0v) is 16.2. The molecule has 0 aliphatic rings. The zero-order valence-electron chi connectivity index (χ0n) is 16.2. The van der Waals surface area contributed by atoms with E-state index in [-0.39, 0.29) is 5.91 Å². The summed E-state index contributed by atoms with van der Waals surface area (Å²) in [7, 11) is 1.57. The molecular weight excluding hydrogens is 352 g/mol. The summed E-state index contributed by atoms with van der Waals surface area (Å²) in [5, 5.41) is 16.2. The van der Waals surface area contributed by atoms with E-state index in [1.165, 1.54) is 0 Å². The van der Waals surface area contributed by atoms with Crippen LogP contribution in [0.3, 0.4) is 0 Å². The van der Waals surface area contributed by atoms with Crippen LogP contribution < -0.4 is 15.4 Å². The number of hydrogen-bond acceptors (Lipinski definition) is 4. The average molecular weight is 376 g/mol. The van der Waals surface area contributed by atoms with E-state index in [9.17, 15) is 9.90 Å². The number of anilines is 2. The summed E-state index contributed by atoms with van der Waals surface area (Å²) in [6, 6.07) is 18.5. The van der Waals surface area contributed by atoms with Gasteiger partial charge in [-0.3, -0.25) is 4.79 Å². The Morgan fingerprint density at radius 3 is 2.32 bits per heavy atom. The SMILES string of the molecule is COc1cccc(C(=O)Nc2ccccc2NCc2cc(C)c(O)c(C)c2)c1. The lowest BCUT2D eigenvalue weighted by molar-refractivity contribution is 0.102. The lowest BCUT2D eigenvalue weighted by atomic mass is 10.1. The van der Waals surface area contributed by atoms with Gasteiger partial charge in [0.1, 0.15) is 11.5 Å². The molecule has 3 aromatic rings. The second-order valence-electron chi connectivity index (χ2n) is 6.66. The molecule has 0 heterocycles. The quantitative estimate of drug-likeness (QED) is 0.573. The number of rotatable bonds is 6. The van der Waals surface area contributed by atoms with Crippen LogP contribution >= 0.6 is 0 Å². The van der Waals surface area contributed by atoms with Gasteiger partial charge in [0.15, 0.2) is 0 Å². The zero-order chi connectivity index (χ0) is 20.1. The molecular formula is C23H24N2O3. The molecule has 5 nitrogen and oxygen atoms in total. The number of carbonyl (C=O) groups excluding carboxylic acids is 1. The minimum atomic E-state index is -0.204. The fraction of sp³-hybridized carbons (Fsp3) is 0.174. The maximum absolute atomic E-state index is 12.6. The minimum Gasteiger partial charge on any atom is -0.507 e. The van der Waals surface area contributed by atoms with Crippen LogP contribution in [-0.2, 0) is 6.54 Å². The van der Waals surface area contributed by atoms with Crippen LogP contribution in [0.25, 0.3) is 0 Å². The summed E-state index contributed by atoms with van der Waals surface area (Å²) in [6.07, 6.45) is 0. The summed E-state index contributed by atoms with van der Waals surface area (Å²) >= 11 is 0. The molecule has 144 valence electrons. The normalized spacial score (nSPS) is 10.4. The van der Waals surface area contributed by atoms with E-state index in [1.54, 1.807) is 31.4 Å². The second-order valence-corrected chi connectivity index (χ2v) is 6.66. The van der Waals surface area contributed by atoms with Crippen LogP contribution in [0.4, 0.5) is 11.4 Å². The smallest absolute Gasteiger partial charge is 0.255 e. The van der Waals surface area contributed by atoms with Crippen LogP contribution in [0.15, 0.2) is 60.7 Å². The van der Waals surface area contributed by atoms with Crippen LogP contribution in [-0.4, -0.2) is 18.1 Å². The van der Waals surface area contributed by atoms with Gasteiger partial charge >= 0.3 is 0 Å². The number of nitrogens with one attached hydrogen (secondary N) is 2. The fourth-order valence-electron chi connectivity index (χ4n) is 3.05. The number of para-hydroxylation sites is 2. The maximum atomic E-state index is 12.6. The van der Waals surface area contributed by atoms with Gasteiger partial charge in [0.25, 0.3) is 5.91 Å². The Kier molecular flexibility index (Phi) is 5.84. The summed E-state index contributed by atoms with van der Waals surface area (Å²) in [4.78, 5) is 12.6. The highest BCUT2D eigenvalue weighted by molar-refractivity contribution is 6.06. The van der Waals surface area contributed by atoms with Crippen molar-refractivity contribution >= 4 is 17.3 Å². The standard InChI is InChI=1S/C23H24N2O3/c1-15-11-17(12-16(2)22(15)26)14-24-20-9-4-5-10-21(20)25-23(27)18-7-6-8-19(13-18)28-3/h4-13,24,26H,14H2,1-3H3,(H,25,27). The van der Waals surface area contributed by atoms with E-state index in [2.05, 4.69) is 10.6 Å². The summed E-state index contributed by atoms with van der Waals surface area (Å²) in [5.74, 6) is 0.760. The van der Waals surface area contributed by atoms with Crippen molar-refractivity contribution in [1.82, 2.24) is 0 Å². The molecule has 0 aliphatic heterocycles. The van der Waals surface area contributed by atoms with E-state index >= 15 is 0 Å². The number of aromatic hydroxyl groups is 1. The third-order valence-electron chi connectivity index (χ3n) is 4.54. The maximum Gasteiger partial charge on any atom is 0.255 e. The number of methoxy groups -OCH3 is 1. The average Bonchev–Trinajstić information content (AvgIpc) is 2.71. The molecule has 3 rings (SSSR count). The molecule has 0 aliphatic carbocycles. The Hall–Kier alpha value is -3.47. The largest absolute Gasteiger partial charge is 0.507 e. The van der Waals surface area contributed by atoms with E-state index in [4.69, 9.17) is 4.74 Å². The van der Waals surface area contributed by atoms with E-state index < -0.39 is 0 Å². The lowest BCUT2D eigenvalue weighted by Gasteiger charge is -2.14. The fourth-order valence-corrected chi connectivity index (χ4v) is 3.05. The molecule has 5 heteroatoms. The third-order valence-corrected chi connectivity index (χ3v) is 4.54. The van der Waals surface area contributed by atoms with Crippen LogP contribution in [0.5, 0.6) is 11.5 Å². The molecule has 0 bridgehead atoms. The van der Waals surface area contributed by atoms with Crippen LogP contribution in [0, 0.1) is 13.8 Å². The Morgan fingerprint density at radius 2 is 1.64 bits per heavy atom. The number of benzene rings is 3. The third kappa shape index (κ3) is 4.43. The summed E-state index contributed by atoms with van der Waals surface area (Å²) in [5.41, 5.74) is 4.79. The van der Waals surface area contributed by atoms with Crippen molar-refractivity contribution in [1.29, 1.82) is 0 Å². The molecule has 0 saturated carbocycles. The Bertz CT molecular complexity index is 976. The van der Waals surface area contributed by atoms with Crippen molar-refractivity contribution in [2.24, 2.45) is 0 Å². The number of carbonyl (C=O) groups is 1. The van der Waals surface area contributed by atoms with Gasteiger partial charge in [-0.2, -0.15) is 0 Å². The molecule has 3 N–H and O–H groups in total. The van der Waals surface area contributed by atoms with Crippen molar-refractivity contribution in [3.63, 3.8) is 0 Å². The Balaban J connectivity index is 1.75. The van der Waals surface area contributed by atoms with Gasteiger partial charge in [-0.25, -0.2) is 0 Å². The van der Waals surface area contributed by atoms with Gasteiger partial charge in [0.2, 0.25) is 0 Å². The molecule has 0 aromatic heterocycles. The van der Waals surface area contributed by atoms with Gasteiger partial charge in [-0.1, -0.05) is 30.3 Å². The van der Waals surface area contributed by atoms with Crippen molar-refractivity contribution in [3.8, 4) is 11.5 Å². The Morgan fingerprint density at radius 1 is 0.964 bits per heavy atom. The molecule has 3 aromatic carbocycles. The predicted octanol–water partition coefficient (Wildman–Crippen LogP) is 4.88. The van der Waals surface area contributed by atoms with Gasteiger partial charge in [-0.05, 0) is 60.9 Å². The van der Waals surface area contributed by atoms with Gasteiger partial charge in [0.05, 0.1) is 18.5 Å². The van der Waals surface area contributed by atoms with Gasteiger partial charge < -0.3 is 20.5 Å². The predicted molar refractivity (Wildman–Crippen MR) is 112 cm³/mol. The molecule has 28 heavy (non-hydrogen) atoms. The number of amides is 1. The minimum absolute atomic E-state index is 0.204. The molecule has 0 saturated heterocycles. The van der Waals surface area contributed by atoms with Crippen LogP contribution in [0.1, 0.15) is 27.0 Å². The van der Waals surface area contributed by atoms with Crippen LogP contribution in [0.2, 0.25) is 0 Å². The van der Waals surface area contributed by atoms with E-state index in [1.807, 2.05) is 50.2 Å². The van der Waals surface area contributed by atoms with E-state index in [0.29, 0.717) is 29.3 Å². The topological polar surface area (TPSA) is 70.6 Å². The molecule has 0 unspecified atom stereocenters. The van der Waals surface area contributed by atoms with Crippen molar-refractivity contribution in [2.45, 2.75) is 20.4 Å². The molecule has 0 spiro atoms. The molecule has 0 fully saturated rings. The van der Waals surface area contributed by atoms with Gasteiger partial charge in [-0.15, -0.1) is 0 Å². The number of phenolic OH excluding ortho intramolecular Hbond substituents is 1. The Labute approximate surface area is 165 Å².